The van der Waals surface area contributed by atoms with Crippen LogP contribution in [0.5, 0.6) is 0 Å². The summed E-state index contributed by atoms with van der Waals surface area (Å²) in [6.07, 6.45) is 3.95. The van der Waals surface area contributed by atoms with Crippen LogP contribution in [-0.4, -0.2) is 14.3 Å². The molecule has 1 heterocycles. The third-order valence-electron chi connectivity index (χ3n) is 3.80. The van der Waals surface area contributed by atoms with Crippen molar-refractivity contribution in [3.63, 3.8) is 0 Å². The van der Waals surface area contributed by atoms with E-state index in [1.54, 1.807) is 24.3 Å². The van der Waals surface area contributed by atoms with Crippen LogP contribution in [0.1, 0.15) is 11.3 Å². The molecule has 0 spiro atoms. The fourth-order valence-corrected chi connectivity index (χ4v) is 3.81. The standard InChI is InChI=1S/C20H16BrFN2O4S/c21-15-7-8-19(22)14(11-15)6-9-20(25)24-16-3-1-5-18(12-16)29(26,27)23-13-17-4-2-10-28-17/h1-12,23H,13H2,(H,24,25)/b9-6+. The molecule has 150 valence electrons. The number of furan rings is 1. The van der Waals surface area contributed by atoms with Crippen LogP contribution in [0.3, 0.4) is 0 Å². The lowest BCUT2D eigenvalue weighted by molar-refractivity contribution is -0.111. The van der Waals surface area contributed by atoms with E-state index in [2.05, 4.69) is 26.0 Å². The van der Waals surface area contributed by atoms with Gasteiger partial charge in [0, 0.05) is 21.8 Å². The molecule has 0 radical (unpaired) electrons. The molecule has 0 fully saturated rings. The van der Waals surface area contributed by atoms with Gasteiger partial charge in [0.25, 0.3) is 0 Å². The Kier molecular flexibility index (Phi) is 6.63. The summed E-state index contributed by atoms with van der Waals surface area (Å²) in [4.78, 5) is 12.1. The second kappa shape index (κ2) is 9.17. The number of amides is 1. The Morgan fingerprint density at radius 2 is 1.97 bits per heavy atom. The van der Waals surface area contributed by atoms with Crippen LogP contribution >= 0.6 is 15.9 Å². The average molecular weight is 479 g/mol. The van der Waals surface area contributed by atoms with E-state index in [1.165, 1.54) is 48.7 Å². The molecule has 0 unspecified atom stereocenters. The Morgan fingerprint density at radius 1 is 1.14 bits per heavy atom. The molecule has 1 aromatic heterocycles. The van der Waals surface area contributed by atoms with Crippen molar-refractivity contribution in [1.29, 1.82) is 0 Å². The maximum absolute atomic E-state index is 13.7. The van der Waals surface area contributed by atoms with Gasteiger partial charge in [-0.25, -0.2) is 17.5 Å². The normalized spacial score (nSPS) is 11.7. The zero-order valence-electron chi connectivity index (χ0n) is 14.9. The zero-order valence-corrected chi connectivity index (χ0v) is 17.3. The molecule has 1 amide bonds. The van der Waals surface area contributed by atoms with Crippen molar-refractivity contribution < 1.29 is 22.0 Å². The number of carbonyl (C=O) groups is 1. The molecule has 0 bridgehead atoms. The first-order chi connectivity index (χ1) is 13.8. The van der Waals surface area contributed by atoms with Gasteiger partial charge in [0.15, 0.2) is 0 Å². The van der Waals surface area contributed by atoms with Gasteiger partial charge < -0.3 is 9.73 Å². The minimum absolute atomic E-state index is 0.00680. The summed E-state index contributed by atoms with van der Waals surface area (Å²) in [5, 5.41) is 2.56. The monoisotopic (exact) mass is 478 g/mol. The molecule has 0 saturated carbocycles. The molecular weight excluding hydrogens is 463 g/mol. The number of hydrogen-bond acceptors (Lipinski definition) is 4. The first kappa shape index (κ1) is 21.0. The lowest BCUT2D eigenvalue weighted by Crippen LogP contribution is -2.23. The van der Waals surface area contributed by atoms with Crippen molar-refractivity contribution in [2.45, 2.75) is 11.4 Å². The number of benzene rings is 2. The number of hydrogen-bond donors (Lipinski definition) is 2. The fraction of sp³-hybridized carbons (Fsp3) is 0.0500. The summed E-state index contributed by atoms with van der Waals surface area (Å²) >= 11 is 3.24. The number of carbonyl (C=O) groups excluding carboxylic acids is 1. The molecule has 0 atom stereocenters. The molecule has 0 aliphatic rings. The zero-order chi connectivity index (χ0) is 20.9. The van der Waals surface area contributed by atoms with Crippen LogP contribution in [0.25, 0.3) is 6.08 Å². The Bertz CT molecular complexity index is 1150. The highest BCUT2D eigenvalue weighted by molar-refractivity contribution is 9.10. The van der Waals surface area contributed by atoms with Gasteiger partial charge in [0.05, 0.1) is 17.7 Å². The number of sulfonamides is 1. The first-order valence-electron chi connectivity index (χ1n) is 8.40. The highest BCUT2D eigenvalue weighted by atomic mass is 79.9. The third kappa shape index (κ3) is 5.86. The molecule has 2 N–H and O–H groups in total. The fourth-order valence-electron chi connectivity index (χ4n) is 2.40. The summed E-state index contributed by atoms with van der Waals surface area (Å²) in [7, 11) is -3.79. The van der Waals surface area contributed by atoms with Gasteiger partial charge in [0.2, 0.25) is 15.9 Å². The predicted molar refractivity (Wildman–Crippen MR) is 111 cm³/mol. The Morgan fingerprint density at radius 3 is 2.72 bits per heavy atom. The van der Waals surface area contributed by atoms with Gasteiger partial charge in [0.1, 0.15) is 11.6 Å². The van der Waals surface area contributed by atoms with Crippen molar-refractivity contribution >= 4 is 43.6 Å². The first-order valence-corrected chi connectivity index (χ1v) is 10.7. The van der Waals surface area contributed by atoms with E-state index in [0.717, 1.165) is 0 Å². The van der Waals surface area contributed by atoms with Gasteiger partial charge in [-0.3, -0.25) is 4.79 Å². The third-order valence-corrected chi connectivity index (χ3v) is 5.69. The van der Waals surface area contributed by atoms with E-state index in [-0.39, 0.29) is 22.7 Å². The summed E-state index contributed by atoms with van der Waals surface area (Å²) in [5.41, 5.74) is 0.531. The van der Waals surface area contributed by atoms with Crippen LogP contribution in [-0.2, 0) is 21.4 Å². The SMILES string of the molecule is O=C(/C=C/c1cc(Br)ccc1F)Nc1cccc(S(=O)(=O)NCc2ccco2)c1. The molecule has 6 nitrogen and oxygen atoms in total. The van der Waals surface area contributed by atoms with Crippen LogP contribution in [0.2, 0.25) is 0 Å². The predicted octanol–water partition coefficient (Wildman–Crippen LogP) is 4.31. The van der Waals surface area contributed by atoms with Gasteiger partial charge in [-0.1, -0.05) is 22.0 Å². The number of anilines is 1. The quantitative estimate of drug-likeness (QED) is 0.495. The van der Waals surface area contributed by atoms with Gasteiger partial charge in [-0.05, 0) is 54.6 Å². The van der Waals surface area contributed by atoms with Crippen molar-refractivity contribution in [1.82, 2.24) is 4.72 Å². The average Bonchev–Trinajstić information content (AvgIpc) is 3.21. The Balaban J connectivity index is 1.68. The highest BCUT2D eigenvalue weighted by Crippen LogP contribution is 2.18. The van der Waals surface area contributed by atoms with E-state index in [1.807, 2.05) is 0 Å². The second-order valence-corrected chi connectivity index (χ2v) is 8.60. The van der Waals surface area contributed by atoms with Gasteiger partial charge in [-0.2, -0.15) is 0 Å². The molecule has 0 saturated heterocycles. The van der Waals surface area contributed by atoms with Crippen LogP contribution in [0, 0.1) is 5.82 Å². The van der Waals surface area contributed by atoms with Crippen molar-refractivity contribution in [3.8, 4) is 0 Å². The van der Waals surface area contributed by atoms with Gasteiger partial charge in [-0.15, -0.1) is 0 Å². The number of halogens is 2. The van der Waals surface area contributed by atoms with E-state index >= 15 is 0 Å². The summed E-state index contributed by atoms with van der Waals surface area (Å²) in [6.45, 7) is 0.00680. The molecule has 3 aromatic rings. The smallest absolute Gasteiger partial charge is 0.248 e. The Hall–Kier alpha value is -2.75. The van der Waals surface area contributed by atoms with E-state index in [0.29, 0.717) is 10.2 Å². The van der Waals surface area contributed by atoms with E-state index in [4.69, 9.17) is 4.42 Å². The van der Waals surface area contributed by atoms with Crippen LogP contribution < -0.4 is 10.0 Å². The minimum atomic E-state index is -3.79. The molecule has 2 aromatic carbocycles. The molecular formula is C20H16BrFN2O4S. The maximum Gasteiger partial charge on any atom is 0.248 e. The molecule has 9 heteroatoms. The van der Waals surface area contributed by atoms with Crippen molar-refractivity contribution in [2.75, 3.05) is 5.32 Å². The van der Waals surface area contributed by atoms with E-state index in [9.17, 15) is 17.6 Å². The summed E-state index contributed by atoms with van der Waals surface area (Å²) < 4.78 is 46.8. The Labute approximate surface area is 175 Å². The second-order valence-electron chi connectivity index (χ2n) is 5.92. The lowest BCUT2D eigenvalue weighted by Gasteiger charge is -2.08. The molecule has 0 aliphatic heterocycles. The minimum Gasteiger partial charge on any atom is -0.468 e. The summed E-state index contributed by atoms with van der Waals surface area (Å²) in [6, 6.07) is 13.5. The topological polar surface area (TPSA) is 88.4 Å². The van der Waals surface area contributed by atoms with Crippen LogP contribution in [0.4, 0.5) is 10.1 Å². The highest BCUT2D eigenvalue weighted by Gasteiger charge is 2.15. The molecule has 29 heavy (non-hydrogen) atoms. The number of nitrogens with one attached hydrogen (secondary N) is 2. The lowest BCUT2D eigenvalue weighted by atomic mass is 10.2. The molecule has 0 aliphatic carbocycles. The summed E-state index contributed by atoms with van der Waals surface area (Å²) in [5.74, 6) is -0.515. The maximum atomic E-state index is 13.7. The van der Waals surface area contributed by atoms with Gasteiger partial charge >= 0.3 is 0 Å². The van der Waals surface area contributed by atoms with Crippen LogP contribution in [0.15, 0.2) is 80.7 Å². The largest absolute Gasteiger partial charge is 0.468 e. The van der Waals surface area contributed by atoms with Crippen molar-refractivity contribution in [2.24, 2.45) is 0 Å². The van der Waals surface area contributed by atoms with E-state index < -0.39 is 21.7 Å². The number of rotatable bonds is 7. The van der Waals surface area contributed by atoms with Crippen molar-refractivity contribution in [3.05, 3.63) is 88.6 Å². The molecule has 3 rings (SSSR count).